The Balaban J connectivity index is 2.21. The normalized spacial score (nSPS) is 44.4. The van der Waals surface area contributed by atoms with Crippen LogP contribution < -0.4 is 0 Å². The summed E-state index contributed by atoms with van der Waals surface area (Å²) in [7, 11) is 0. The first-order chi connectivity index (χ1) is 4.70. The van der Waals surface area contributed by atoms with Crippen LogP contribution in [-0.4, -0.2) is 11.2 Å². The largest absolute Gasteiger partial charge is 0.298 e. The second-order valence-corrected chi connectivity index (χ2v) is 3.68. The van der Waals surface area contributed by atoms with Crippen molar-refractivity contribution >= 4 is 17.4 Å². The lowest BCUT2D eigenvalue weighted by atomic mass is 9.74. The van der Waals surface area contributed by atoms with Crippen LogP contribution in [0.25, 0.3) is 0 Å². The molecule has 2 heteroatoms. The van der Waals surface area contributed by atoms with E-state index in [9.17, 15) is 4.79 Å². The number of allylic oxidation sites excluding steroid dienone is 2. The highest BCUT2D eigenvalue weighted by Crippen LogP contribution is 2.45. The van der Waals surface area contributed by atoms with Crippen LogP contribution in [0.15, 0.2) is 11.6 Å². The molecule has 2 rings (SSSR count). The molecule has 0 unspecified atom stereocenters. The third-order valence-corrected chi connectivity index (χ3v) is 2.96. The minimum absolute atomic E-state index is 0.206. The second-order valence-electron chi connectivity index (χ2n) is 3.21. The molecule has 2 aliphatic rings. The molecule has 0 spiro atoms. The number of carbonyl (C=O) groups excluding carboxylic acids is 1. The van der Waals surface area contributed by atoms with Gasteiger partial charge in [0, 0.05) is 11.8 Å². The number of ketones is 1. The summed E-state index contributed by atoms with van der Waals surface area (Å²) in [5.74, 6) is 0.872. The minimum Gasteiger partial charge on any atom is -0.298 e. The predicted molar refractivity (Wildman–Crippen MR) is 40.0 cm³/mol. The van der Waals surface area contributed by atoms with Crippen LogP contribution in [0.2, 0.25) is 0 Å². The Morgan fingerprint density at radius 1 is 1.70 bits per heavy atom. The topological polar surface area (TPSA) is 17.1 Å². The molecule has 0 bridgehead atoms. The highest BCUT2D eigenvalue weighted by atomic mass is 35.5. The van der Waals surface area contributed by atoms with E-state index in [1.807, 2.05) is 0 Å². The first kappa shape index (κ1) is 6.41. The molecule has 0 amide bonds. The van der Waals surface area contributed by atoms with Gasteiger partial charge in [0.15, 0.2) is 5.78 Å². The Morgan fingerprint density at radius 3 is 3.00 bits per heavy atom. The third kappa shape index (κ3) is 0.615. The van der Waals surface area contributed by atoms with E-state index >= 15 is 0 Å². The predicted octanol–water partition coefficient (Wildman–Crippen LogP) is 1.76. The van der Waals surface area contributed by atoms with E-state index in [1.165, 1.54) is 5.57 Å². The lowest BCUT2D eigenvalue weighted by Crippen LogP contribution is -2.45. The van der Waals surface area contributed by atoms with Crippen molar-refractivity contribution in [2.24, 2.45) is 11.8 Å². The zero-order valence-corrected chi connectivity index (χ0v) is 6.56. The Morgan fingerprint density at radius 2 is 2.40 bits per heavy atom. The molecule has 3 atom stereocenters. The zero-order valence-electron chi connectivity index (χ0n) is 5.80. The summed E-state index contributed by atoms with van der Waals surface area (Å²) in [5.41, 5.74) is 1.33. The number of halogens is 1. The highest BCUT2D eigenvalue weighted by Gasteiger charge is 2.49. The number of hydrogen-bond donors (Lipinski definition) is 0. The molecule has 0 aromatic rings. The van der Waals surface area contributed by atoms with Crippen molar-refractivity contribution in [3.05, 3.63) is 11.6 Å². The number of fused-ring (bicyclic) bond motifs is 1. The molecule has 10 heavy (non-hydrogen) atoms. The van der Waals surface area contributed by atoms with Crippen LogP contribution in [-0.2, 0) is 4.79 Å². The first-order valence-electron chi connectivity index (χ1n) is 3.55. The van der Waals surface area contributed by atoms with E-state index in [4.69, 9.17) is 11.6 Å². The molecule has 0 saturated heterocycles. The monoisotopic (exact) mass is 156 g/mol. The molecular formula is C8H9ClO. The Kier molecular flexibility index (Phi) is 1.19. The van der Waals surface area contributed by atoms with Crippen molar-refractivity contribution in [2.75, 3.05) is 0 Å². The van der Waals surface area contributed by atoms with Gasteiger partial charge in [0.1, 0.15) is 0 Å². The summed E-state index contributed by atoms with van der Waals surface area (Å²) in [6.45, 7) is 2.06. The van der Waals surface area contributed by atoms with Gasteiger partial charge in [-0.25, -0.2) is 0 Å². The molecular weight excluding hydrogens is 148 g/mol. The van der Waals surface area contributed by atoms with E-state index in [0.717, 1.165) is 6.42 Å². The lowest BCUT2D eigenvalue weighted by Gasteiger charge is -2.33. The van der Waals surface area contributed by atoms with Crippen molar-refractivity contribution < 1.29 is 4.79 Å². The van der Waals surface area contributed by atoms with Crippen LogP contribution >= 0.6 is 11.6 Å². The molecule has 2 aliphatic carbocycles. The lowest BCUT2D eigenvalue weighted by molar-refractivity contribution is -0.130. The standard InChI is InChI=1S/C8H9ClO/c1-4-2-5-6(3-4)8(10)7(5)9/h2,5-7H,3H2,1H3/t5-,6+,7-/m0/s1. The minimum atomic E-state index is -0.206. The highest BCUT2D eigenvalue weighted by molar-refractivity contribution is 6.34. The molecule has 1 nitrogen and oxygen atoms in total. The first-order valence-corrected chi connectivity index (χ1v) is 3.99. The fourth-order valence-corrected chi connectivity index (χ4v) is 2.26. The van der Waals surface area contributed by atoms with Gasteiger partial charge in [-0.15, -0.1) is 11.6 Å². The SMILES string of the molecule is CC1=C[C@@H]2[C@H](Cl)C(=O)[C@@H]2C1. The third-order valence-electron chi connectivity index (χ3n) is 2.46. The van der Waals surface area contributed by atoms with Crippen LogP contribution in [0.3, 0.4) is 0 Å². The molecule has 1 fully saturated rings. The molecule has 1 saturated carbocycles. The fourth-order valence-electron chi connectivity index (χ4n) is 1.85. The van der Waals surface area contributed by atoms with Gasteiger partial charge in [-0.05, 0) is 13.3 Å². The van der Waals surface area contributed by atoms with Crippen molar-refractivity contribution in [1.82, 2.24) is 0 Å². The van der Waals surface area contributed by atoms with Crippen molar-refractivity contribution in [3.8, 4) is 0 Å². The van der Waals surface area contributed by atoms with Crippen LogP contribution in [0, 0.1) is 11.8 Å². The molecule has 0 aromatic carbocycles. The second kappa shape index (κ2) is 1.85. The quantitative estimate of drug-likeness (QED) is 0.386. The number of rotatable bonds is 0. The van der Waals surface area contributed by atoms with Gasteiger partial charge in [0.05, 0.1) is 5.38 Å². The van der Waals surface area contributed by atoms with E-state index in [1.54, 1.807) is 0 Å². The number of carbonyl (C=O) groups is 1. The van der Waals surface area contributed by atoms with Crippen LogP contribution in [0.4, 0.5) is 0 Å². The number of Topliss-reactive ketones (excluding diaryl/α,β-unsaturated/α-hetero) is 1. The van der Waals surface area contributed by atoms with E-state index < -0.39 is 0 Å². The molecule has 0 aliphatic heterocycles. The summed E-state index contributed by atoms with van der Waals surface area (Å²) in [4.78, 5) is 11.0. The average Bonchev–Trinajstić information content (AvgIpc) is 2.27. The van der Waals surface area contributed by atoms with Gasteiger partial charge in [-0.3, -0.25) is 4.79 Å². The molecule has 0 aromatic heterocycles. The summed E-state index contributed by atoms with van der Waals surface area (Å²) in [5, 5.41) is -0.206. The van der Waals surface area contributed by atoms with Crippen molar-refractivity contribution in [2.45, 2.75) is 18.7 Å². The van der Waals surface area contributed by atoms with Crippen molar-refractivity contribution in [1.29, 1.82) is 0 Å². The maximum Gasteiger partial charge on any atom is 0.155 e. The summed E-state index contributed by atoms with van der Waals surface area (Å²) < 4.78 is 0. The summed E-state index contributed by atoms with van der Waals surface area (Å²) >= 11 is 5.77. The van der Waals surface area contributed by atoms with Gasteiger partial charge in [-0.1, -0.05) is 11.6 Å². The van der Waals surface area contributed by atoms with Gasteiger partial charge < -0.3 is 0 Å². The summed E-state index contributed by atoms with van der Waals surface area (Å²) in [6, 6.07) is 0. The number of hydrogen-bond acceptors (Lipinski definition) is 1. The fraction of sp³-hybridized carbons (Fsp3) is 0.625. The van der Waals surface area contributed by atoms with E-state index in [2.05, 4.69) is 13.0 Å². The zero-order chi connectivity index (χ0) is 7.30. The van der Waals surface area contributed by atoms with Gasteiger partial charge in [-0.2, -0.15) is 0 Å². The van der Waals surface area contributed by atoms with Crippen LogP contribution in [0.1, 0.15) is 13.3 Å². The van der Waals surface area contributed by atoms with Gasteiger partial charge in [0.25, 0.3) is 0 Å². The van der Waals surface area contributed by atoms with Gasteiger partial charge in [0.2, 0.25) is 0 Å². The Hall–Kier alpha value is -0.300. The summed E-state index contributed by atoms with van der Waals surface area (Å²) in [6.07, 6.45) is 3.09. The molecule has 0 heterocycles. The van der Waals surface area contributed by atoms with E-state index in [0.29, 0.717) is 5.92 Å². The maximum absolute atomic E-state index is 11.0. The van der Waals surface area contributed by atoms with Crippen molar-refractivity contribution in [3.63, 3.8) is 0 Å². The molecule has 0 N–H and O–H groups in total. The molecule has 0 radical (unpaired) electrons. The Bertz CT molecular complexity index is 219. The Labute approximate surface area is 65.1 Å². The van der Waals surface area contributed by atoms with E-state index in [-0.39, 0.29) is 17.1 Å². The number of alkyl halides is 1. The smallest absolute Gasteiger partial charge is 0.155 e. The van der Waals surface area contributed by atoms with Gasteiger partial charge >= 0.3 is 0 Å². The van der Waals surface area contributed by atoms with Crippen LogP contribution in [0.5, 0.6) is 0 Å². The molecule has 54 valence electrons. The average molecular weight is 157 g/mol. The maximum atomic E-state index is 11.0.